The molecule has 0 radical (unpaired) electrons. The number of guanidine groups is 1. The first-order valence-corrected chi connectivity index (χ1v) is 10.8. The van der Waals surface area contributed by atoms with Gasteiger partial charge in [0.25, 0.3) is 0 Å². The van der Waals surface area contributed by atoms with E-state index in [9.17, 15) is 0 Å². The van der Waals surface area contributed by atoms with Crippen molar-refractivity contribution in [3.63, 3.8) is 0 Å². The normalized spacial score (nSPS) is 16.8. The fourth-order valence-electron chi connectivity index (χ4n) is 3.35. The van der Waals surface area contributed by atoms with Crippen LogP contribution >= 0.6 is 11.3 Å². The van der Waals surface area contributed by atoms with Crippen molar-refractivity contribution in [2.45, 2.75) is 39.8 Å². The van der Waals surface area contributed by atoms with Gasteiger partial charge in [-0.25, -0.2) is 9.98 Å². The van der Waals surface area contributed by atoms with Gasteiger partial charge in [0.15, 0.2) is 5.96 Å². The number of anilines is 1. The van der Waals surface area contributed by atoms with Crippen LogP contribution in [0.15, 0.2) is 23.2 Å². The molecule has 158 valence electrons. The molecule has 2 N–H and O–H groups in total. The van der Waals surface area contributed by atoms with E-state index in [2.05, 4.69) is 46.5 Å². The summed E-state index contributed by atoms with van der Waals surface area (Å²) < 4.78 is 10.8. The van der Waals surface area contributed by atoms with Crippen LogP contribution in [0.3, 0.4) is 0 Å². The number of nitrogens with zero attached hydrogens (tertiary/aromatic N) is 3. The Bertz CT molecular complexity index is 810. The third kappa shape index (κ3) is 5.53. The first kappa shape index (κ1) is 21.2. The van der Waals surface area contributed by atoms with Crippen molar-refractivity contribution in [1.29, 1.82) is 0 Å². The molecule has 7 nitrogen and oxygen atoms in total. The molecule has 1 aliphatic heterocycles. The number of rotatable bonds is 7. The second-order valence-corrected chi connectivity index (χ2v) is 8.38. The van der Waals surface area contributed by atoms with E-state index in [1.807, 2.05) is 13.0 Å². The minimum Gasteiger partial charge on any atom is -0.497 e. The summed E-state index contributed by atoms with van der Waals surface area (Å²) in [5.74, 6) is 2.45. The van der Waals surface area contributed by atoms with Crippen LogP contribution in [-0.4, -0.2) is 50.8 Å². The number of thiazole rings is 1. The van der Waals surface area contributed by atoms with E-state index in [0.717, 1.165) is 59.9 Å². The maximum absolute atomic E-state index is 5.41. The van der Waals surface area contributed by atoms with Gasteiger partial charge in [0.05, 0.1) is 26.5 Å². The molecule has 0 bridgehead atoms. The second kappa shape index (κ2) is 9.82. The molecule has 0 amide bonds. The number of aromatic nitrogens is 1. The molecule has 8 heteroatoms. The van der Waals surface area contributed by atoms with Gasteiger partial charge in [-0.05, 0) is 27.2 Å². The summed E-state index contributed by atoms with van der Waals surface area (Å²) >= 11 is 1.72. The number of methoxy groups -OCH3 is 2. The highest BCUT2D eigenvalue weighted by molar-refractivity contribution is 7.11. The number of hydrogen-bond donors (Lipinski definition) is 2. The number of nitrogens with one attached hydrogen (secondary N) is 2. The molecule has 1 aromatic heterocycles. The highest BCUT2D eigenvalue weighted by Crippen LogP contribution is 2.30. The van der Waals surface area contributed by atoms with Crippen molar-refractivity contribution in [2.75, 3.05) is 38.8 Å². The van der Waals surface area contributed by atoms with Crippen LogP contribution in [0.2, 0.25) is 0 Å². The third-order valence-corrected chi connectivity index (χ3v) is 6.08. The SMILES string of the molecule is CCNC(=NCc1nc(C)c(C)s1)NC1CCN(c2cc(OC)cc(OC)c2)C1. The maximum Gasteiger partial charge on any atom is 0.191 e. The molecule has 1 atom stereocenters. The van der Waals surface area contributed by atoms with Gasteiger partial charge in [0, 0.05) is 54.4 Å². The van der Waals surface area contributed by atoms with Crippen molar-refractivity contribution in [3.8, 4) is 11.5 Å². The van der Waals surface area contributed by atoms with Crippen LogP contribution < -0.4 is 25.0 Å². The minimum absolute atomic E-state index is 0.324. The molecule has 1 unspecified atom stereocenters. The zero-order chi connectivity index (χ0) is 20.8. The summed E-state index contributed by atoms with van der Waals surface area (Å²) in [4.78, 5) is 12.9. The van der Waals surface area contributed by atoms with Crippen molar-refractivity contribution in [1.82, 2.24) is 15.6 Å². The largest absolute Gasteiger partial charge is 0.497 e. The van der Waals surface area contributed by atoms with E-state index in [1.54, 1.807) is 25.6 Å². The van der Waals surface area contributed by atoms with Crippen LogP contribution in [0.25, 0.3) is 0 Å². The monoisotopic (exact) mass is 417 g/mol. The Hall–Kier alpha value is -2.48. The third-order valence-electron chi connectivity index (χ3n) is 5.02. The summed E-state index contributed by atoms with van der Waals surface area (Å²) in [6.07, 6.45) is 1.04. The zero-order valence-electron chi connectivity index (χ0n) is 17.9. The molecule has 1 fully saturated rings. The zero-order valence-corrected chi connectivity index (χ0v) is 18.7. The van der Waals surface area contributed by atoms with Crippen molar-refractivity contribution in [2.24, 2.45) is 4.99 Å². The molecule has 2 heterocycles. The molecule has 1 saturated heterocycles. The summed E-state index contributed by atoms with van der Waals surface area (Å²) in [7, 11) is 3.36. The summed E-state index contributed by atoms with van der Waals surface area (Å²) in [6, 6.07) is 6.33. The topological polar surface area (TPSA) is 71.0 Å². The number of hydrogen-bond acceptors (Lipinski definition) is 6. The Morgan fingerprint density at radius 1 is 1.24 bits per heavy atom. The minimum atomic E-state index is 0.324. The van der Waals surface area contributed by atoms with Crippen LogP contribution in [-0.2, 0) is 6.54 Å². The predicted octanol–water partition coefficient (Wildman–Crippen LogP) is 3.11. The summed E-state index contributed by atoms with van der Waals surface area (Å²) in [6.45, 7) is 9.52. The van der Waals surface area contributed by atoms with E-state index in [4.69, 9.17) is 14.5 Å². The smallest absolute Gasteiger partial charge is 0.191 e. The lowest BCUT2D eigenvalue weighted by Crippen LogP contribution is -2.44. The van der Waals surface area contributed by atoms with Gasteiger partial charge >= 0.3 is 0 Å². The lowest BCUT2D eigenvalue weighted by Gasteiger charge is -2.21. The Balaban J connectivity index is 1.64. The highest BCUT2D eigenvalue weighted by Gasteiger charge is 2.24. The average molecular weight is 418 g/mol. The first-order chi connectivity index (χ1) is 14.0. The Kier molecular flexibility index (Phi) is 7.19. The molecule has 2 aromatic rings. The van der Waals surface area contributed by atoms with Gasteiger partial charge in [0.2, 0.25) is 0 Å². The second-order valence-electron chi connectivity index (χ2n) is 7.09. The summed E-state index contributed by atoms with van der Waals surface area (Å²) in [5, 5.41) is 7.98. The van der Waals surface area contributed by atoms with Gasteiger partial charge in [-0.15, -0.1) is 11.3 Å². The fraction of sp³-hybridized carbons (Fsp3) is 0.524. The number of benzene rings is 1. The molecule has 1 aliphatic rings. The van der Waals surface area contributed by atoms with Gasteiger partial charge in [0.1, 0.15) is 16.5 Å². The predicted molar refractivity (Wildman–Crippen MR) is 120 cm³/mol. The van der Waals surface area contributed by atoms with Gasteiger partial charge < -0.3 is 25.0 Å². The summed E-state index contributed by atoms with van der Waals surface area (Å²) in [5.41, 5.74) is 2.21. The molecule has 0 aliphatic carbocycles. The molecule has 3 rings (SSSR count). The average Bonchev–Trinajstić information content (AvgIpc) is 3.32. The van der Waals surface area contributed by atoms with Crippen molar-refractivity contribution >= 4 is 23.0 Å². The molecular formula is C21H31N5O2S. The lowest BCUT2D eigenvalue weighted by atomic mass is 10.2. The van der Waals surface area contributed by atoms with Gasteiger partial charge in [-0.1, -0.05) is 0 Å². The van der Waals surface area contributed by atoms with Gasteiger partial charge in [-0.2, -0.15) is 0 Å². The van der Waals surface area contributed by atoms with Crippen LogP contribution in [0, 0.1) is 13.8 Å². The van der Waals surface area contributed by atoms with E-state index >= 15 is 0 Å². The standard InChI is InChI=1S/C21H31N5O2S/c1-6-22-21(23-12-20-24-14(2)15(3)29-20)25-16-7-8-26(13-16)17-9-18(27-4)11-19(10-17)28-5/h9-11,16H,6-8,12-13H2,1-5H3,(H2,22,23,25). The van der Waals surface area contributed by atoms with Crippen LogP contribution in [0.5, 0.6) is 11.5 Å². The fourth-order valence-corrected chi connectivity index (χ4v) is 4.21. The molecule has 0 saturated carbocycles. The number of ether oxygens (including phenoxy) is 2. The Morgan fingerprint density at radius 3 is 2.55 bits per heavy atom. The highest BCUT2D eigenvalue weighted by atomic mass is 32.1. The van der Waals surface area contributed by atoms with Gasteiger partial charge in [-0.3, -0.25) is 0 Å². The molecule has 0 spiro atoms. The first-order valence-electron chi connectivity index (χ1n) is 9.98. The number of aliphatic imine (C=N–C) groups is 1. The van der Waals surface area contributed by atoms with E-state index in [1.165, 1.54) is 4.88 Å². The quantitative estimate of drug-likeness (QED) is 0.533. The Labute approximate surface area is 177 Å². The molecule has 1 aromatic carbocycles. The van der Waals surface area contributed by atoms with E-state index in [0.29, 0.717) is 12.6 Å². The lowest BCUT2D eigenvalue weighted by molar-refractivity contribution is 0.394. The van der Waals surface area contributed by atoms with Crippen LogP contribution in [0.4, 0.5) is 5.69 Å². The van der Waals surface area contributed by atoms with Crippen molar-refractivity contribution < 1.29 is 9.47 Å². The van der Waals surface area contributed by atoms with Crippen molar-refractivity contribution in [3.05, 3.63) is 33.8 Å². The maximum atomic E-state index is 5.41. The molecule has 29 heavy (non-hydrogen) atoms. The number of aryl methyl sites for hydroxylation is 2. The Morgan fingerprint density at radius 2 is 1.97 bits per heavy atom. The van der Waals surface area contributed by atoms with Crippen LogP contribution in [0.1, 0.15) is 28.9 Å². The molecular weight excluding hydrogens is 386 g/mol. The van der Waals surface area contributed by atoms with E-state index in [-0.39, 0.29) is 0 Å². The van der Waals surface area contributed by atoms with E-state index < -0.39 is 0 Å².